The van der Waals surface area contributed by atoms with Gasteiger partial charge in [-0.25, -0.2) is 0 Å². The first kappa shape index (κ1) is 12.9. The molecule has 0 bridgehead atoms. The Bertz CT molecular complexity index is 335. The smallest absolute Gasteiger partial charge is 0.0498 e. The van der Waals surface area contributed by atoms with Crippen molar-refractivity contribution in [3.05, 3.63) is 29.8 Å². The van der Waals surface area contributed by atoms with Gasteiger partial charge in [0.15, 0.2) is 0 Å². The Labute approximate surface area is 89.0 Å². The summed E-state index contributed by atoms with van der Waals surface area (Å²) in [6.45, 7) is 5.66. The van der Waals surface area contributed by atoms with Crippen LogP contribution < -0.4 is 0 Å². The molecule has 0 radical (unpaired) electrons. The topological polar surface area (TPSA) is 17.1 Å². The molecule has 1 atom stereocenters. The van der Waals surface area contributed by atoms with E-state index in [1.54, 1.807) is 6.26 Å². The molecular weight excluding hydrogens is 192 g/mol. The van der Waals surface area contributed by atoms with Crippen molar-refractivity contribution in [2.45, 2.75) is 25.7 Å². The predicted molar refractivity (Wildman–Crippen MR) is 62.6 cm³/mol. The Kier molecular flexibility index (Phi) is 6.78. The summed E-state index contributed by atoms with van der Waals surface area (Å²) in [6, 6.07) is 7.73. The largest absolute Gasteiger partial charge is 0.255 e. The van der Waals surface area contributed by atoms with Gasteiger partial charge in [0.2, 0.25) is 0 Å². The Balaban J connectivity index is 0.000000364. The molecule has 2 heteroatoms. The lowest BCUT2D eigenvalue weighted by Crippen LogP contribution is -1.85. The molecule has 1 rings (SSSR count). The van der Waals surface area contributed by atoms with Crippen LogP contribution in [-0.2, 0) is 10.8 Å². The van der Waals surface area contributed by atoms with Gasteiger partial charge in [0.05, 0.1) is 0 Å². The molecule has 1 aromatic carbocycles. The second-order valence-corrected chi connectivity index (χ2v) is 4.15. The molecule has 14 heavy (non-hydrogen) atoms. The average Bonchev–Trinajstić information content (AvgIpc) is 2.19. The molecule has 76 valence electrons. The van der Waals surface area contributed by atoms with Gasteiger partial charge in [-0.3, -0.25) is 4.21 Å². The lowest BCUT2D eigenvalue weighted by atomic mass is 10.2. The quantitative estimate of drug-likeness (QED) is 0.649. The molecule has 0 spiro atoms. The number of hydrogen-bond acceptors (Lipinski definition) is 1. The summed E-state index contributed by atoms with van der Waals surface area (Å²) in [5.74, 6) is 5.36. The first-order chi connectivity index (χ1) is 6.61. The van der Waals surface area contributed by atoms with Crippen molar-refractivity contribution in [2.75, 3.05) is 6.26 Å². The highest BCUT2D eigenvalue weighted by Gasteiger charge is 1.93. The van der Waals surface area contributed by atoms with Gasteiger partial charge in [-0.15, -0.1) is 11.8 Å². The monoisotopic (exact) mass is 208 g/mol. The summed E-state index contributed by atoms with van der Waals surface area (Å²) in [4.78, 5) is 0.894. The van der Waals surface area contributed by atoms with Gasteiger partial charge in [0.1, 0.15) is 0 Å². The van der Waals surface area contributed by atoms with E-state index in [2.05, 4.69) is 11.8 Å². The SMILES string of the molecule is CC#CC.Cc1ccc(S(C)=O)cc1. The molecule has 1 aromatic rings. The van der Waals surface area contributed by atoms with Crippen molar-refractivity contribution in [3.63, 3.8) is 0 Å². The molecule has 0 amide bonds. The van der Waals surface area contributed by atoms with Crippen molar-refractivity contribution in [1.82, 2.24) is 0 Å². The van der Waals surface area contributed by atoms with Crippen LogP contribution in [0, 0.1) is 18.8 Å². The van der Waals surface area contributed by atoms with E-state index in [1.165, 1.54) is 5.56 Å². The minimum absolute atomic E-state index is 0.837. The zero-order valence-electron chi connectivity index (χ0n) is 9.13. The van der Waals surface area contributed by atoms with E-state index in [9.17, 15) is 4.21 Å². The van der Waals surface area contributed by atoms with E-state index in [-0.39, 0.29) is 0 Å². The molecule has 0 N–H and O–H groups in total. The van der Waals surface area contributed by atoms with Crippen LogP contribution in [0.2, 0.25) is 0 Å². The molecule has 0 aromatic heterocycles. The third-order valence-corrected chi connectivity index (χ3v) is 2.54. The van der Waals surface area contributed by atoms with Gasteiger partial charge >= 0.3 is 0 Å². The van der Waals surface area contributed by atoms with Crippen molar-refractivity contribution in [1.29, 1.82) is 0 Å². The fourth-order valence-corrected chi connectivity index (χ4v) is 1.25. The molecule has 0 heterocycles. The van der Waals surface area contributed by atoms with Crippen LogP contribution in [-0.4, -0.2) is 10.5 Å². The maximum atomic E-state index is 10.9. The van der Waals surface area contributed by atoms with Crippen LogP contribution in [0.3, 0.4) is 0 Å². The average molecular weight is 208 g/mol. The first-order valence-corrected chi connectivity index (χ1v) is 5.91. The minimum atomic E-state index is -0.837. The molecule has 0 saturated heterocycles. The van der Waals surface area contributed by atoms with E-state index < -0.39 is 10.8 Å². The molecule has 0 aliphatic heterocycles. The Morgan fingerprint density at radius 1 is 1.07 bits per heavy atom. The molecule has 0 fully saturated rings. The van der Waals surface area contributed by atoms with Gasteiger partial charge in [0, 0.05) is 22.0 Å². The molecule has 0 aliphatic carbocycles. The first-order valence-electron chi connectivity index (χ1n) is 4.35. The van der Waals surface area contributed by atoms with Gasteiger partial charge in [-0.05, 0) is 32.9 Å². The van der Waals surface area contributed by atoms with E-state index in [0.717, 1.165) is 4.90 Å². The summed E-state index contributed by atoms with van der Waals surface area (Å²) in [5, 5.41) is 0. The number of hydrogen-bond donors (Lipinski definition) is 0. The second-order valence-electron chi connectivity index (χ2n) is 2.77. The van der Waals surface area contributed by atoms with E-state index in [1.807, 2.05) is 45.0 Å². The molecular formula is C12H16OS. The van der Waals surface area contributed by atoms with Gasteiger partial charge in [0.25, 0.3) is 0 Å². The van der Waals surface area contributed by atoms with Crippen LogP contribution in [0.25, 0.3) is 0 Å². The third-order valence-electron chi connectivity index (χ3n) is 1.60. The van der Waals surface area contributed by atoms with Crippen molar-refractivity contribution in [3.8, 4) is 11.8 Å². The maximum Gasteiger partial charge on any atom is 0.0498 e. The Hall–Kier alpha value is -1.07. The Morgan fingerprint density at radius 2 is 1.50 bits per heavy atom. The Morgan fingerprint density at radius 3 is 1.79 bits per heavy atom. The van der Waals surface area contributed by atoms with Gasteiger partial charge in [-0.1, -0.05) is 17.7 Å². The standard InChI is InChI=1S/C8H10OS.C4H6/c1-7-3-5-8(6-4-7)10(2)9;1-3-4-2/h3-6H,1-2H3;1-2H3. The van der Waals surface area contributed by atoms with Gasteiger partial charge < -0.3 is 0 Å². The number of aryl methyl sites for hydroxylation is 1. The summed E-state index contributed by atoms with van der Waals surface area (Å²) < 4.78 is 10.9. The highest BCUT2D eigenvalue weighted by atomic mass is 32.2. The van der Waals surface area contributed by atoms with Crippen molar-refractivity contribution < 1.29 is 4.21 Å². The molecule has 0 aliphatic rings. The third kappa shape index (κ3) is 5.55. The number of benzene rings is 1. The maximum absolute atomic E-state index is 10.9. The van der Waals surface area contributed by atoms with Crippen LogP contribution in [0.15, 0.2) is 29.2 Å². The number of rotatable bonds is 1. The highest BCUT2D eigenvalue weighted by Crippen LogP contribution is 2.05. The minimum Gasteiger partial charge on any atom is -0.255 e. The highest BCUT2D eigenvalue weighted by molar-refractivity contribution is 7.84. The second kappa shape index (κ2) is 7.34. The lowest BCUT2D eigenvalue weighted by molar-refractivity contribution is 0.687. The summed E-state index contributed by atoms with van der Waals surface area (Å²) in [7, 11) is -0.837. The van der Waals surface area contributed by atoms with Crippen LogP contribution in [0.5, 0.6) is 0 Å². The predicted octanol–water partition coefficient (Wildman–Crippen LogP) is 2.76. The fraction of sp³-hybridized carbons (Fsp3) is 0.333. The summed E-state index contributed by atoms with van der Waals surface area (Å²) in [5.41, 5.74) is 1.20. The molecule has 0 saturated carbocycles. The zero-order valence-corrected chi connectivity index (χ0v) is 9.94. The van der Waals surface area contributed by atoms with Gasteiger partial charge in [-0.2, -0.15) is 0 Å². The van der Waals surface area contributed by atoms with E-state index in [4.69, 9.17) is 0 Å². The zero-order chi connectivity index (χ0) is 11.0. The molecule has 1 nitrogen and oxygen atoms in total. The van der Waals surface area contributed by atoms with Crippen molar-refractivity contribution in [2.24, 2.45) is 0 Å². The fourth-order valence-electron chi connectivity index (χ4n) is 0.730. The molecule has 1 unspecified atom stereocenters. The summed E-state index contributed by atoms with van der Waals surface area (Å²) in [6.07, 6.45) is 1.69. The normalized spacial score (nSPS) is 10.3. The lowest BCUT2D eigenvalue weighted by Gasteiger charge is -1.94. The van der Waals surface area contributed by atoms with Crippen molar-refractivity contribution >= 4 is 10.8 Å². The van der Waals surface area contributed by atoms with E-state index in [0.29, 0.717) is 0 Å². The summed E-state index contributed by atoms with van der Waals surface area (Å²) >= 11 is 0. The van der Waals surface area contributed by atoms with Crippen LogP contribution in [0.4, 0.5) is 0 Å². The van der Waals surface area contributed by atoms with Crippen LogP contribution in [0.1, 0.15) is 19.4 Å². The van der Waals surface area contributed by atoms with E-state index >= 15 is 0 Å². The van der Waals surface area contributed by atoms with Crippen LogP contribution >= 0.6 is 0 Å².